The third-order valence-corrected chi connectivity index (χ3v) is 5.62. The first kappa shape index (κ1) is 18.2. The molecule has 0 unspecified atom stereocenters. The van der Waals surface area contributed by atoms with Crippen LogP contribution in [-0.2, 0) is 7.05 Å². The number of thioether (sulfide) groups is 1. The summed E-state index contributed by atoms with van der Waals surface area (Å²) in [7, 11) is 3.56. The van der Waals surface area contributed by atoms with Crippen molar-refractivity contribution in [1.29, 1.82) is 0 Å². The van der Waals surface area contributed by atoms with Crippen LogP contribution >= 0.6 is 11.8 Å². The van der Waals surface area contributed by atoms with Crippen molar-refractivity contribution < 1.29 is 4.74 Å². The molecular formula is C20H19N5O2S. The molecule has 0 aliphatic heterocycles. The molecule has 28 heavy (non-hydrogen) atoms. The fourth-order valence-electron chi connectivity index (χ4n) is 2.92. The maximum absolute atomic E-state index is 12.3. The maximum Gasteiger partial charge on any atom is 0.258 e. The van der Waals surface area contributed by atoms with E-state index < -0.39 is 0 Å². The summed E-state index contributed by atoms with van der Waals surface area (Å²) in [6, 6.07) is 15.0. The number of nitrogens with one attached hydrogen (secondary N) is 1. The molecule has 0 radical (unpaired) electrons. The molecule has 8 heteroatoms. The van der Waals surface area contributed by atoms with Gasteiger partial charge in [0.05, 0.1) is 23.3 Å². The molecule has 4 aromatic rings. The largest absolute Gasteiger partial charge is 0.497 e. The topological polar surface area (TPSA) is 85.7 Å². The van der Waals surface area contributed by atoms with Gasteiger partial charge in [-0.05, 0) is 43.3 Å². The zero-order chi connectivity index (χ0) is 19.7. The molecule has 2 heterocycles. The van der Waals surface area contributed by atoms with E-state index in [1.165, 1.54) is 11.8 Å². The fraction of sp³-hybridized carbons (Fsp3) is 0.200. The van der Waals surface area contributed by atoms with E-state index in [1.54, 1.807) is 13.2 Å². The zero-order valence-electron chi connectivity index (χ0n) is 15.7. The Morgan fingerprint density at radius 1 is 1.11 bits per heavy atom. The van der Waals surface area contributed by atoms with Crippen molar-refractivity contribution in [3.8, 4) is 17.1 Å². The molecule has 142 valence electrons. The second-order valence-corrected chi connectivity index (χ2v) is 7.63. The summed E-state index contributed by atoms with van der Waals surface area (Å²) in [5.41, 5.74) is 1.50. The number of hydrogen-bond acceptors (Lipinski definition) is 6. The van der Waals surface area contributed by atoms with Crippen molar-refractivity contribution in [2.45, 2.75) is 17.3 Å². The van der Waals surface area contributed by atoms with Crippen LogP contribution in [0.1, 0.15) is 18.0 Å². The van der Waals surface area contributed by atoms with Gasteiger partial charge in [0.15, 0.2) is 11.0 Å². The van der Waals surface area contributed by atoms with Crippen LogP contribution in [0.25, 0.3) is 22.3 Å². The van der Waals surface area contributed by atoms with Gasteiger partial charge in [0.25, 0.3) is 5.56 Å². The summed E-state index contributed by atoms with van der Waals surface area (Å²) in [5.74, 6) is 2.17. The van der Waals surface area contributed by atoms with Crippen LogP contribution in [0.5, 0.6) is 5.75 Å². The molecule has 4 rings (SSSR count). The smallest absolute Gasteiger partial charge is 0.258 e. The first-order valence-electron chi connectivity index (χ1n) is 8.76. The first-order chi connectivity index (χ1) is 13.6. The van der Waals surface area contributed by atoms with E-state index >= 15 is 0 Å². The van der Waals surface area contributed by atoms with E-state index in [1.807, 2.05) is 61.0 Å². The van der Waals surface area contributed by atoms with Crippen LogP contribution < -0.4 is 10.3 Å². The average Bonchev–Trinajstić information content (AvgIpc) is 3.08. The fourth-order valence-corrected chi connectivity index (χ4v) is 3.79. The minimum atomic E-state index is -0.134. The monoisotopic (exact) mass is 393 g/mol. The molecule has 0 amide bonds. The number of nitrogens with zero attached hydrogens (tertiary/aromatic N) is 4. The van der Waals surface area contributed by atoms with E-state index in [0.717, 1.165) is 22.3 Å². The zero-order valence-corrected chi connectivity index (χ0v) is 16.5. The first-order valence-corrected chi connectivity index (χ1v) is 9.64. The molecule has 7 nitrogen and oxygen atoms in total. The molecule has 0 saturated heterocycles. The molecule has 0 spiro atoms. The normalized spacial score (nSPS) is 12.2. The number of hydrogen-bond donors (Lipinski definition) is 1. The summed E-state index contributed by atoms with van der Waals surface area (Å²) in [6.45, 7) is 1.99. The molecule has 0 aliphatic rings. The highest BCUT2D eigenvalue weighted by molar-refractivity contribution is 7.99. The average molecular weight is 393 g/mol. The molecule has 0 bridgehead atoms. The summed E-state index contributed by atoms with van der Waals surface area (Å²) >= 11 is 1.50. The molecule has 0 saturated carbocycles. The van der Waals surface area contributed by atoms with Gasteiger partial charge in [0.2, 0.25) is 0 Å². The van der Waals surface area contributed by atoms with Gasteiger partial charge in [-0.2, -0.15) is 0 Å². The van der Waals surface area contributed by atoms with E-state index in [0.29, 0.717) is 16.7 Å². The lowest BCUT2D eigenvalue weighted by molar-refractivity contribution is 0.415. The van der Waals surface area contributed by atoms with Crippen molar-refractivity contribution in [2.75, 3.05) is 7.11 Å². The second-order valence-electron chi connectivity index (χ2n) is 6.32. The number of para-hydroxylation sites is 1. The van der Waals surface area contributed by atoms with Crippen LogP contribution in [0.15, 0.2) is 58.5 Å². The van der Waals surface area contributed by atoms with Crippen LogP contribution in [-0.4, -0.2) is 31.8 Å². The standard InChI is InChI=1S/C20H19N5O2S/c1-12(17-21-16-7-5-4-6-15(16)19(26)22-17)28-20-24-23-18(25(20)2)13-8-10-14(27-3)11-9-13/h4-12H,1-3H3,(H,21,22,26)/t12-/m0/s1. The minimum Gasteiger partial charge on any atom is -0.497 e. The number of benzene rings is 2. The minimum absolute atomic E-state index is 0.0936. The van der Waals surface area contributed by atoms with Gasteiger partial charge >= 0.3 is 0 Å². The molecule has 2 aromatic carbocycles. The number of aromatic nitrogens is 5. The lowest BCUT2D eigenvalue weighted by Crippen LogP contribution is -2.13. The third kappa shape index (κ3) is 3.38. The summed E-state index contributed by atoms with van der Waals surface area (Å²) < 4.78 is 7.13. The molecule has 2 aromatic heterocycles. The Balaban J connectivity index is 1.61. The van der Waals surface area contributed by atoms with Gasteiger partial charge in [-0.3, -0.25) is 4.79 Å². The maximum atomic E-state index is 12.3. The van der Waals surface area contributed by atoms with Gasteiger partial charge in [-0.1, -0.05) is 23.9 Å². The van der Waals surface area contributed by atoms with Gasteiger partial charge < -0.3 is 14.3 Å². The van der Waals surface area contributed by atoms with Crippen molar-refractivity contribution in [3.05, 3.63) is 64.7 Å². The number of H-pyrrole nitrogens is 1. The van der Waals surface area contributed by atoms with Crippen LogP contribution in [0, 0.1) is 0 Å². The third-order valence-electron chi connectivity index (χ3n) is 4.48. The van der Waals surface area contributed by atoms with Crippen molar-refractivity contribution in [2.24, 2.45) is 7.05 Å². The Morgan fingerprint density at radius 2 is 1.86 bits per heavy atom. The van der Waals surface area contributed by atoms with Crippen molar-refractivity contribution >= 4 is 22.7 Å². The summed E-state index contributed by atoms with van der Waals surface area (Å²) in [4.78, 5) is 19.8. The Kier molecular flexibility index (Phi) is 4.87. The van der Waals surface area contributed by atoms with E-state index in [-0.39, 0.29) is 10.8 Å². The molecule has 1 N–H and O–H groups in total. The summed E-state index contributed by atoms with van der Waals surface area (Å²) in [6.07, 6.45) is 0. The highest BCUT2D eigenvalue weighted by atomic mass is 32.2. The highest BCUT2D eigenvalue weighted by Gasteiger charge is 2.18. The molecule has 1 atom stereocenters. The van der Waals surface area contributed by atoms with Gasteiger partial charge in [0, 0.05) is 12.6 Å². The lowest BCUT2D eigenvalue weighted by Gasteiger charge is -2.11. The predicted molar refractivity (Wildman–Crippen MR) is 110 cm³/mol. The SMILES string of the molecule is COc1ccc(-c2nnc(S[C@@H](C)c3nc4ccccc4c(=O)[nH]3)n2C)cc1. The van der Waals surface area contributed by atoms with Gasteiger partial charge in [-0.25, -0.2) is 4.98 Å². The Bertz CT molecular complexity index is 1180. The Labute approximate surface area is 165 Å². The molecular weight excluding hydrogens is 374 g/mol. The van der Waals surface area contributed by atoms with Crippen LogP contribution in [0.4, 0.5) is 0 Å². The van der Waals surface area contributed by atoms with Crippen LogP contribution in [0.2, 0.25) is 0 Å². The van der Waals surface area contributed by atoms with Crippen molar-refractivity contribution in [1.82, 2.24) is 24.7 Å². The van der Waals surface area contributed by atoms with E-state index in [9.17, 15) is 4.79 Å². The number of rotatable bonds is 5. The van der Waals surface area contributed by atoms with Crippen molar-refractivity contribution in [3.63, 3.8) is 0 Å². The predicted octanol–water partition coefficient (Wildman–Crippen LogP) is 3.58. The van der Waals surface area contributed by atoms with Gasteiger partial charge in [0.1, 0.15) is 11.6 Å². The number of methoxy groups -OCH3 is 1. The second kappa shape index (κ2) is 7.47. The summed E-state index contributed by atoms with van der Waals surface area (Å²) in [5, 5.41) is 9.86. The Hall–Kier alpha value is -3.13. The number of aromatic amines is 1. The molecule has 0 fully saturated rings. The van der Waals surface area contributed by atoms with Crippen LogP contribution in [0.3, 0.4) is 0 Å². The van der Waals surface area contributed by atoms with E-state index in [2.05, 4.69) is 20.2 Å². The number of fused-ring (bicyclic) bond motifs is 1. The number of ether oxygens (including phenoxy) is 1. The molecule has 0 aliphatic carbocycles. The lowest BCUT2D eigenvalue weighted by atomic mass is 10.2. The van der Waals surface area contributed by atoms with Gasteiger partial charge in [-0.15, -0.1) is 10.2 Å². The quantitative estimate of drug-likeness (QED) is 0.522. The highest BCUT2D eigenvalue weighted by Crippen LogP contribution is 2.33. The van der Waals surface area contributed by atoms with E-state index in [4.69, 9.17) is 4.74 Å². The Morgan fingerprint density at radius 3 is 2.61 bits per heavy atom.